The van der Waals surface area contributed by atoms with Gasteiger partial charge >= 0.3 is 0 Å². The van der Waals surface area contributed by atoms with Gasteiger partial charge in [-0.2, -0.15) is 5.10 Å². The molecule has 5 heteroatoms. The lowest BCUT2D eigenvalue weighted by molar-refractivity contribution is -0.0695. The fourth-order valence-electron chi connectivity index (χ4n) is 2.60. The molecule has 2 N–H and O–H groups in total. The molecule has 1 unspecified atom stereocenters. The summed E-state index contributed by atoms with van der Waals surface area (Å²) in [6, 6.07) is 0. The summed E-state index contributed by atoms with van der Waals surface area (Å²) < 4.78 is 1.68. The predicted molar refractivity (Wildman–Crippen MR) is 66.1 cm³/mol. The number of hydrogen-bond donors (Lipinski definition) is 2. The number of hydrogen-bond acceptors (Lipinski definition) is 3. The van der Waals surface area contributed by atoms with Crippen LogP contribution >= 0.6 is 11.6 Å². The van der Waals surface area contributed by atoms with Gasteiger partial charge < -0.3 is 10.2 Å². The molecule has 1 heterocycles. The Morgan fingerprint density at radius 2 is 2.06 bits per heavy atom. The van der Waals surface area contributed by atoms with Gasteiger partial charge in [0.25, 0.3) is 0 Å². The molecule has 1 fully saturated rings. The van der Waals surface area contributed by atoms with Crippen LogP contribution in [0.2, 0.25) is 5.02 Å². The van der Waals surface area contributed by atoms with Gasteiger partial charge in [0.1, 0.15) is 0 Å². The average Bonchev–Trinajstić information content (AvgIpc) is 2.80. The van der Waals surface area contributed by atoms with Crippen LogP contribution in [0.1, 0.15) is 37.1 Å². The molecule has 0 aromatic carbocycles. The van der Waals surface area contributed by atoms with Gasteiger partial charge in [0.15, 0.2) is 0 Å². The Hall–Kier alpha value is -0.580. The van der Waals surface area contributed by atoms with E-state index in [-0.39, 0.29) is 0 Å². The number of aliphatic hydroxyl groups excluding tert-OH is 1. The maximum Gasteiger partial charge on any atom is 0.0909 e. The second-order valence-electron chi connectivity index (χ2n) is 5.00. The van der Waals surface area contributed by atoms with Crippen molar-refractivity contribution >= 4 is 11.6 Å². The zero-order chi connectivity index (χ0) is 12.6. The topological polar surface area (TPSA) is 58.3 Å². The van der Waals surface area contributed by atoms with Gasteiger partial charge in [-0.25, -0.2) is 0 Å². The lowest BCUT2D eigenvalue weighted by Gasteiger charge is -2.28. The van der Waals surface area contributed by atoms with E-state index in [0.717, 1.165) is 24.2 Å². The lowest BCUT2D eigenvalue weighted by atomic mass is 9.91. The summed E-state index contributed by atoms with van der Waals surface area (Å²) in [6.45, 7) is 1.84. The average molecular weight is 259 g/mol. The smallest absolute Gasteiger partial charge is 0.0909 e. The van der Waals surface area contributed by atoms with E-state index in [4.69, 9.17) is 11.6 Å². The van der Waals surface area contributed by atoms with Crippen LogP contribution < -0.4 is 0 Å². The normalized spacial score (nSPS) is 20.8. The minimum Gasteiger partial charge on any atom is -0.390 e. The first kappa shape index (κ1) is 12.9. The summed E-state index contributed by atoms with van der Waals surface area (Å²) in [5, 5.41) is 25.3. The third-order valence-electron chi connectivity index (χ3n) is 3.74. The van der Waals surface area contributed by atoms with Gasteiger partial charge in [0, 0.05) is 13.5 Å². The number of nitrogens with zero attached hydrogens (tertiary/aromatic N) is 2. The number of rotatable bonds is 3. The lowest BCUT2D eigenvalue weighted by Crippen LogP contribution is -2.41. The zero-order valence-corrected chi connectivity index (χ0v) is 11.0. The molecular weight excluding hydrogens is 240 g/mol. The second kappa shape index (κ2) is 4.59. The van der Waals surface area contributed by atoms with E-state index in [9.17, 15) is 10.2 Å². The van der Waals surface area contributed by atoms with E-state index in [2.05, 4.69) is 5.10 Å². The Balaban J connectivity index is 2.15. The summed E-state index contributed by atoms with van der Waals surface area (Å²) in [4.78, 5) is 0. The third kappa shape index (κ3) is 2.34. The summed E-state index contributed by atoms with van der Waals surface area (Å²) >= 11 is 6.13. The summed E-state index contributed by atoms with van der Waals surface area (Å²) in [5.41, 5.74) is 0.605. The first-order valence-corrected chi connectivity index (χ1v) is 6.40. The molecule has 0 saturated heterocycles. The fraction of sp³-hybridized carbons (Fsp3) is 0.750. The van der Waals surface area contributed by atoms with Crippen molar-refractivity contribution in [1.82, 2.24) is 9.78 Å². The Morgan fingerprint density at radius 3 is 2.53 bits per heavy atom. The Bertz CT molecular complexity index is 411. The molecule has 1 aliphatic rings. The fourth-order valence-corrected chi connectivity index (χ4v) is 2.83. The molecule has 4 nitrogen and oxygen atoms in total. The van der Waals surface area contributed by atoms with Crippen LogP contribution in [0.5, 0.6) is 0 Å². The maximum absolute atomic E-state index is 10.3. The van der Waals surface area contributed by atoms with E-state index in [1.54, 1.807) is 11.7 Å². The van der Waals surface area contributed by atoms with Gasteiger partial charge in [0.2, 0.25) is 0 Å². The molecule has 2 rings (SSSR count). The molecule has 0 radical (unpaired) electrons. The monoisotopic (exact) mass is 258 g/mol. The van der Waals surface area contributed by atoms with Crippen LogP contribution in [-0.2, 0) is 13.5 Å². The molecule has 0 bridgehead atoms. The molecule has 0 spiro atoms. The number of aliphatic hydroxyl groups is 2. The number of aromatic nitrogens is 2. The molecule has 1 aromatic heterocycles. The van der Waals surface area contributed by atoms with Crippen molar-refractivity contribution in [2.45, 2.75) is 50.7 Å². The Kier molecular flexibility index (Phi) is 3.48. The Labute approximate surface area is 106 Å². The molecule has 1 atom stereocenters. The SMILES string of the molecule is Cc1nn(C)c(CC(O)C2(O)CCCC2)c1Cl. The van der Waals surface area contributed by atoms with Crippen molar-refractivity contribution in [2.75, 3.05) is 0 Å². The molecular formula is C12H19ClN2O2. The quantitative estimate of drug-likeness (QED) is 0.866. The highest BCUT2D eigenvalue weighted by Crippen LogP contribution is 2.34. The van der Waals surface area contributed by atoms with Crippen molar-refractivity contribution in [3.05, 3.63) is 16.4 Å². The maximum atomic E-state index is 10.3. The predicted octanol–water partition coefficient (Wildman–Crippen LogP) is 1.59. The second-order valence-corrected chi connectivity index (χ2v) is 5.38. The summed E-state index contributed by atoms with van der Waals surface area (Å²) in [6.07, 6.45) is 2.88. The first-order chi connectivity index (χ1) is 7.94. The van der Waals surface area contributed by atoms with E-state index in [1.807, 2.05) is 6.92 Å². The molecule has 0 amide bonds. The van der Waals surface area contributed by atoms with Crippen LogP contribution in [0, 0.1) is 6.92 Å². The van der Waals surface area contributed by atoms with Gasteiger partial charge in [-0.3, -0.25) is 4.68 Å². The highest BCUT2D eigenvalue weighted by Gasteiger charge is 2.39. The van der Waals surface area contributed by atoms with Gasteiger partial charge in [-0.05, 0) is 19.8 Å². The summed E-state index contributed by atoms with van der Waals surface area (Å²) in [7, 11) is 1.81. The van der Waals surface area contributed by atoms with Crippen LogP contribution in [0.25, 0.3) is 0 Å². The number of halogens is 1. The van der Waals surface area contributed by atoms with E-state index in [0.29, 0.717) is 24.3 Å². The van der Waals surface area contributed by atoms with E-state index >= 15 is 0 Å². The van der Waals surface area contributed by atoms with Crippen molar-refractivity contribution in [1.29, 1.82) is 0 Å². The van der Waals surface area contributed by atoms with Crippen LogP contribution in [0.4, 0.5) is 0 Å². The summed E-state index contributed by atoms with van der Waals surface area (Å²) in [5.74, 6) is 0. The highest BCUT2D eigenvalue weighted by atomic mass is 35.5. The Morgan fingerprint density at radius 1 is 1.47 bits per heavy atom. The standard InChI is InChI=1S/C12H19ClN2O2/c1-8-11(13)9(15(2)14-8)7-10(16)12(17)5-3-4-6-12/h10,16-17H,3-7H2,1-2H3. The highest BCUT2D eigenvalue weighted by molar-refractivity contribution is 6.31. The molecule has 17 heavy (non-hydrogen) atoms. The van der Waals surface area contributed by atoms with Crippen molar-refractivity contribution in [3.63, 3.8) is 0 Å². The number of aryl methyl sites for hydroxylation is 2. The van der Waals surface area contributed by atoms with Crippen molar-refractivity contribution < 1.29 is 10.2 Å². The minimum atomic E-state index is -0.943. The van der Waals surface area contributed by atoms with E-state index in [1.165, 1.54) is 0 Å². The van der Waals surface area contributed by atoms with Crippen molar-refractivity contribution in [2.24, 2.45) is 7.05 Å². The van der Waals surface area contributed by atoms with Crippen LogP contribution in [0.15, 0.2) is 0 Å². The van der Waals surface area contributed by atoms with Crippen LogP contribution in [0.3, 0.4) is 0 Å². The van der Waals surface area contributed by atoms with Gasteiger partial charge in [0.05, 0.1) is 28.1 Å². The van der Waals surface area contributed by atoms with Crippen molar-refractivity contribution in [3.8, 4) is 0 Å². The van der Waals surface area contributed by atoms with Gasteiger partial charge in [-0.15, -0.1) is 0 Å². The molecule has 1 aromatic rings. The minimum absolute atomic E-state index is 0.354. The molecule has 1 aliphatic carbocycles. The van der Waals surface area contributed by atoms with Crippen LogP contribution in [-0.4, -0.2) is 31.7 Å². The largest absolute Gasteiger partial charge is 0.390 e. The van der Waals surface area contributed by atoms with E-state index < -0.39 is 11.7 Å². The molecule has 0 aliphatic heterocycles. The zero-order valence-electron chi connectivity index (χ0n) is 10.3. The third-order valence-corrected chi connectivity index (χ3v) is 4.23. The molecule has 96 valence electrons. The first-order valence-electron chi connectivity index (χ1n) is 6.02. The molecule has 1 saturated carbocycles. The van der Waals surface area contributed by atoms with Gasteiger partial charge in [-0.1, -0.05) is 24.4 Å².